The smallest absolute Gasteiger partial charge is 0.147 e. The molecule has 1 N–H and O–H groups in total. The van der Waals surface area contributed by atoms with E-state index in [1.165, 1.54) is 12.8 Å². The van der Waals surface area contributed by atoms with E-state index in [0.717, 1.165) is 5.56 Å². The van der Waals surface area contributed by atoms with Crippen LogP contribution in [0, 0.1) is 0 Å². The monoisotopic (exact) mass is 342 g/mol. The van der Waals surface area contributed by atoms with Gasteiger partial charge in [0.2, 0.25) is 0 Å². The number of benzene rings is 1. The summed E-state index contributed by atoms with van der Waals surface area (Å²) in [6, 6.07) is 5.61. The highest BCUT2D eigenvalue weighted by molar-refractivity contribution is 6.43. The molecule has 1 aromatic heterocycles. The Kier molecular flexibility index (Phi) is 4.55. The van der Waals surface area contributed by atoms with Crippen LogP contribution >= 0.6 is 34.8 Å². The third-order valence-corrected chi connectivity index (χ3v) is 4.23. The molecule has 0 radical (unpaired) electrons. The lowest BCUT2D eigenvalue weighted by molar-refractivity contribution is 0.471. The minimum atomic E-state index is 0.402. The Bertz CT molecular complexity index is 659. The maximum Gasteiger partial charge on any atom is 0.147 e. The van der Waals surface area contributed by atoms with Gasteiger partial charge in [0.25, 0.3) is 0 Å². The summed E-state index contributed by atoms with van der Waals surface area (Å²) in [6.07, 6.45) is 5.93. The Balaban J connectivity index is 1.82. The standard InChI is InChI=1S/C15H13Cl3N2O/c16-11-5-13(18)15(6-12(11)17)21-14-3-4-19-7-9(14)8-20-10-1-2-10/h3-7,10,20H,1-2,8H2. The van der Waals surface area contributed by atoms with E-state index >= 15 is 0 Å². The summed E-state index contributed by atoms with van der Waals surface area (Å²) < 4.78 is 5.87. The molecule has 21 heavy (non-hydrogen) atoms. The fourth-order valence-electron chi connectivity index (χ4n) is 1.89. The normalized spacial score (nSPS) is 14.2. The van der Waals surface area contributed by atoms with Crippen LogP contribution in [0.2, 0.25) is 15.1 Å². The van der Waals surface area contributed by atoms with Gasteiger partial charge in [-0.1, -0.05) is 34.8 Å². The Hall–Kier alpha value is -1.00. The minimum absolute atomic E-state index is 0.402. The van der Waals surface area contributed by atoms with Gasteiger partial charge in [0, 0.05) is 36.6 Å². The van der Waals surface area contributed by atoms with Gasteiger partial charge in [0.1, 0.15) is 11.5 Å². The fourth-order valence-corrected chi connectivity index (χ4v) is 2.46. The van der Waals surface area contributed by atoms with Gasteiger partial charge in [-0.3, -0.25) is 4.98 Å². The molecule has 3 rings (SSSR count). The van der Waals surface area contributed by atoms with E-state index < -0.39 is 0 Å². The van der Waals surface area contributed by atoms with Gasteiger partial charge in [-0.25, -0.2) is 0 Å². The molecule has 1 heterocycles. The molecule has 0 atom stereocenters. The van der Waals surface area contributed by atoms with E-state index in [0.29, 0.717) is 39.2 Å². The number of hydrogen-bond acceptors (Lipinski definition) is 3. The molecule has 1 saturated carbocycles. The lowest BCUT2D eigenvalue weighted by Gasteiger charge is -2.13. The number of halogens is 3. The van der Waals surface area contributed by atoms with Crippen molar-refractivity contribution in [1.29, 1.82) is 0 Å². The number of nitrogens with zero attached hydrogens (tertiary/aromatic N) is 1. The summed E-state index contributed by atoms with van der Waals surface area (Å²) in [5.74, 6) is 1.18. The van der Waals surface area contributed by atoms with Gasteiger partial charge >= 0.3 is 0 Å². The van der Waals surface area contributed by atoms with E-state index in [4.69, 9.17) is 39.5 Å². The first-order chi connectivity index (χ1) is 10.1. The minimum Gasteiger partial charge on any atom is -0.455 e. The molecule has 1 aromatic carbocycles. The Morgan fingerprint density at radius 1 is 1.10 bits per heavy atom. The lowest BCUT2D eigenvalue weighted by atomic mass is 10.2. The number of ether oxygens (including phenoxy) is 1. The third kappa shape index (κ3) is 3.80. The number of aromatic nitrogens is 1. The highest BCUT2D eigenvalue weighted by atomic mass is 35.5. The van der Waals surface area contributed by atoms with Gasteiger partial charge in [-0.2, -0.15) is 0 Å². The second-order valence-corrected chi connectivity index (χ2v) is 6.16. The molecule has 0 aliphatic heterocycles. The first kappa shape index (κ1) is 14.9. The zero-order valence-corrected chi connectivity index (χ0v) is 13.3. The van der Waals surface area contributed by atoms with Crippen molar-refractivity contribution >= 4 is 34.8 Å². The van der Waals surface area contributed by atoms with Crippen LogP contribution in [-0.2, 0) is 6.54 Å². The van der Waals surface area contributed by atoms with Gasteiger partial charge in [0.05, 0.1) is 15.1 Å². The fraction of sp³-hybridized carbons (Fsp3) is 0.267. The summed E-state index contributed by atoms with van der Waals surface area (Å²) in [5, 5.41) is 4.66. The number of pyridine rings is 1. The number of nitrogens with one attached hydrogen (secondary N) is 1. The maximum atomic E-state index is 6.14. The molecule has 0 amide bonds. The Labute approximate surface area is 138 Å². The van der Waals surface area contributed by atoms with Crippen molar-refractivity contribution in [2.45, 2.75) is 25.4 Å². The molecular formula is C15H13Cl3N2O. The second-order valence-electron chi connectivity index (χ2n) is 4.94. The maximum absolute atomic E-state index is 6.14. The summed E-state index contributed by atoms with van der Waals surface area (Å²) in [5.41, 5.74) is 0.978. The van der Waals surface area contributed by atoms with Gasteiger partial charge in [-0.15, -0.1) is 0 Å². The highest BCUT2D eigenvalue weighted by Crippen LogP contribution is 2.37. The molecule has 1 fully saturated rings. The van der Waals surface area contributed by atoms with Gasteiger partial charge in [0.15, 0.2) is 0 Å². The molecule has 0 unspecified atom stereocenters. The van der Waals surface area contributed by atoms with Crippen LogP contribution in [0.25, 0.3) is 0 Å². The van der Waals surface area contributed by atoms with Crippen molar-refractivity contribution in [1.82, 2.24) is 10.3 Å². The van der Waals surface area contributed by atoms with E-state index in [1.54, 1.807) is 24.5 Å². The predicted octanol–water partition coefficient (Wildman–Crippen LogP) is 5.09. The summed E-state index contributed by atoms with van der Waals surface area (Å²) in [7, 11) is 0. The zero-order chi connectivity index (χ0) is 14.8. The quantitative estimate of drug-likeness (QED) is 0.768. The SMILES string of the molecule is Clc1cc(Cl)c(Oc2ccncc2CNC2CC2)cc1Cl. The highest BCUT2D eigenvalue weighted by Gasteiger charge is 2.21. The summed E-state index contributed by atoms with van der Waals surface area (Å²) in [4.78, 5) is 4.14. The van der Waals surface area contributed by atoms with E-state index in [9.17, 15) is 0 Å². The van der Waals surface area contributed by atoms with E-state index in [1.807, 2.05) is 6.07 Å². The van der Waals surface area contributed by atoms with Crippen molar-refractivity contribution in [3.8, 4) is 11.5 Å². The first-order valence-corrected chi connectivity index (χ1v) is 7.75. The molecule has 1 aliphatic rings. The number of hydrogen-bond donors (Lipinski definition) is 1. The van der Waals surface area contributed by atoms with E-state index in [-0.39, 0.29) is 0 Å². The van der Waals surface area contributed by atoms with Crippen LogP contribution in [0.3, 0.4) is 0 Å². The molecular weight excluding hydrogens is 331 g/mol. The third-order valence-electron chi connectivity index (χ3n) is 3.21. The molecule has 6 heteroatoms. The molecule has 2 aromatic rings. The average Bonchev–Trinajstić information content (AvgIpc) is 3.28. The van der Waals surface area contributed by atoms with Crippen LogP contribution in [-0.4, -0.2) is 11.0 Å². The van der Waals surface area contributed by atoms with Gasteiger partial charge < -0.3 is 10.1 Å². The van der Waals surface area contributed by atoms with Crippen LogP contribution < -0.4 is 10.1 Å². The largest absolute Gasteiger partial charge is 0.455 e. The average molecular weight is 344 g/mol. The zero-order valence-electron chi connectivity index (χ0n) is 11.1. The molecule has 3 nitrogen and oxygen atoms in total. The Morgan fingerprint density at radius 3 is 2.62 bits per heavy atom. The van der Waals surface area contributed by atoms with Crippen LogP contribution in [0.4, 0.5) is 0 Å². The van der Waals surface area contributed by atoms with Crippen molar-refractivity contribution < 1.29 is 4.74 Å². The van der Waals surface area contributed by atoms with Crippen molar-refractivity contribution in [2.24, 2.45) is 0 Å². The molecule has 0 spiro atoms. The summed E-state index contributed by atoms with van der Waals surface area (Å²) >= 11 is 18.1. The molecule has 110 valence electrons. The van der Waals surface area contributed by atoms with Crippen LogP contribution in [0.15, 0.2) is 30.6 Å². The number of rotatable bonds is 5. The molecule has 0 bridgehead atoms. The predicted molar refractivity (Wildman–Crippen MR) is 85.6 cm³/mol. The summed E-state index contributed by atoms with van der Waals surface area (Å²) in [6.45, 7) is 0.715. The van der Waals surface area contributed by atoms with Crippen molar-refractivity contribution in [2.75, 3.05) is 0 Å². The van der Waals surface area contributed by atoms with Crippen LogP contribution in [0.5, 0.6) is 11.5 Å². The van der Waals surface area contributed by atoms with Gasteiger partial charge in [-0.05, 0) is 25.0 Å². The molecule has 0 saturated heterocycles. The van der Waals surface area contributed by atoms with Crippen LogP contribution in [0.1, 0.15) is 18.4 Å². The van der Waals surface area contributed by atoms with E-state index in [2.05, 4.69) is 10.3 Å². The Morgan fingerprint density at radius 2 is 1.86 bits per heavy atom. The molecule has 1 aliphatic carbocycles. The lowest BCUT2D eigenvalue weighted by Crippen LogP contribution is -2.15. The second kappa shape index (κ2) is 6.41. The topological polar surface area (TPSA) is 34.1 Å². The first-order valence-electron chi connectivity index (χ1n) is 6.62. The van der Waals surface area contributed by atoms with Crippen molar-refractivity contribution in [3.63, 3.8) is 0 Å². The van der Waals surface area contributed by atoms with Crippen molar-refractivity contribution in [3.05, 3.63) is 51.2 Å².